The van der Waals surface area contributed by atoms with Crippen LogP contribution in [0.4, 0.5) is 21.8 Å². The molecule has 1 saturated heterocycles. The zero-order chi connectivity index (χ0) is 17.1. The standard InChI is InChI=1S/C15H18ClFN6O/c1-24-11-3-10(6-20-15-12(17)2-9(16)5-19-15)23(7-11)14-4-13(18)21-8-22-14/h2,4-5,8,10-11H,3,6-7H2,1H3,(H,19,20)(H2,18,21,22)/t10-,11-/m1/s1. The molecule has 3 rings (SSSR count). The van der Waals surface area contributed by atoms with Crippen molar-refractivity contribution in [2.75, 3.05) is 36.1 Å². The molecule has 3 N–H and O–H groups in total. The summed E-state index contributed by atoms with van der Waals surface area (Å²) in [6.45, 7) is 1.16. The lowest BCUT2D eigenvalue weighted by Crippen LogP contribution is -2.36. The third-order valence-electron chi connectivity index (χ3n) is 3.99. The van der Waals surface area contributed by atoms with Crippen LogP contribution < -0.4 is 16.0 Å². The number of hydrogen-bond donors (Lipinski definition) is 2. The van der Waals surface area contributed by atoms with Crippen LogP contribution in [0, 0.1) is 5.82 Å². The van der Waals surface area contributed by atoms with E-state index >= 15 is 0 Å². The molecule has 9 heteroatoms. The highest BCUT2D eigenvalue weighted by molar-refractivity contribution is 6.30. The SMILES string of the molecule is CO[C@@H]1C[C@H](CNc2ncc(Cl)cc2F)N(c2cc(N)ncn2)C1. The molecule has 1 aliphatic rings. The number of rotatable bonds is 5. The second kappa shape index (κ2) is 7.14. The quantitative estimate of drug-likeness (QED) is 0.850. The van der Waals surface area contributed by atoms with Crippen molar-refractivity contribution in [2.24, 2.45) is 0 Å². The van der Waals surface area contributed by atoms with Crippen molar-refractivity contribution >= 4 is 29.1 Å². The number of ether oxygens (including phenoxy) is 1. The fourth-order valence-corrected chi connectivity index (χ4v) is 2.94. The molecule has 0 amide bonds. The molecule has 2 atom stereocenters. The Morgan fingerprint density at radius 1 is 1.42 bits per heavy atom. The van der Waals surface area contributed by atoms with Crippen LogP contribution in [0.15, 0.2) is 24.7 Å². The molecule has 0 aliphatic carbocycles. The summed E-state index contributed by atoms with van der Waals surface area (Å²) in [7, 11) is 1.67. The smallest absolute Gasteiger partial charge is 0.166 e. The summed E-state index contributed by atoms with van der Waals surface area (Å²) in [6.07, 6.45) is 3.68. The van der Waals surface area contributed by atoms with E-state index in [0.29, 0.717) is 18.9 Å². The van der Waals surface area contributed by atoms with Crippen molar-refractivity contribution in [3.63, 3.8) is 0 Å². The van der Waals surface area contributed by atoms with Crippen LogP contribution in [0.3, 0.4) is 0 Å². The van der Waals surface area contributed by atoms with Crippen LogP contribution in [0.5, 0.6) is 0 Å². The summed E-state index contributed by atoms with van der Waals surface area (Å²) >= 11 is 5.72. The number of hydrogen-bond acceptors (Lipinski definition) is 7. The zero-order valence-electron chi connectivity index (χ0n) is 13.1. The highest BCUT2D eigenvalue weighted by Gasteiger charge is 2.33. The molecule has 0 saturated carbocycles. The molecule has 0 aromatic carbocycles. The Kier molecular flexibility index (Phi) is 4.96. The average molecular weight is 353 g/mol. The number of nitrogens with zero attached hydrogens (tertiary/aromatic N) is 4. The van der Waals surface area contributed by atoms with Gasteiger partial charge in [-0.25, -0.2) is 19.3 Å². The van der Waals surface area contributed by atoms with Gasteiger partial charge in [0.15, 0.2) is 11.6 Å². The molecule has 1 fully saturated rings. The predicted molar refractivity (Wildman–Crippen MR) is 90.7 cm³/mol. The van der Waals surface area contributed by atoms with Crippen molar-refractivity contribution in [1.29, 1.82) is 0 Å². The van der Waals surface area contributed by atoms with Crippen LogP contribution in [-0.4, -0.2) is 47.3 Å². The second-order valence-corrected chi connectivity index (χ2v) is 6.00. The van der Waals surface area contributed by atoms with Gasteiger partial charge in [0.1, 0.15) is 18.0 Å². The van der Waals surface area contributed by atoms with Gasteiger partial charge >= 0.3 is 0 Å². The zero-order valence-corrected chi connectivity index (χ0v) is 13.9. The maximum absolute atomic E-state index is 13.9. The summed E-state index contributed by atoms with van der Waals surface area (Å²) in [6, 6.07) is 3.00. The molecule has 0 unspecified atom stereocenters. The van der Waals surface area contributed by atoms with Crippen molar-refractivity contribution in [3.8, 4) is 0 Å². The first kappa shape index (κ1) is 16.7. The Morgan fingerprint density at radius 2 is 2.25 bits per heavy atom. The maximum Gasteiger partial charge on any atom is 0.166 e. The number of halogens is 2. The number of methoxy groups -OCH3 is 1. The summed E-state index contributed by atoms with van der Waals surface area (Å²) in [5, 5.41) is 3.29. The van der Waals surface area contributed by atoms with Gasteiger partial charge in [-0.2, -0.15) is 0 Å². The Morgan fingerprint density at radius 3 is 2.96 bits per heavy atom. The van der Waals surface area contributed by atoms with Crippen molar-refractivity contribution in [2.45, 2.75) is 18.6 Å². The van der Waals surface area contributed by atoms with Crippen LogP contribution in [0.1, 0.15) is 6.42 Å². The van der Waals surface area contributed by atoms with E-state index < -0.39 is 5.82 Å². The summed E-state index contributed by atoms with van der Waals surface area (Å²) < 4.78 is 19.3. The van der Waals surface area contributed by atoms with E-state index in [1.807, 2.05) is 0 Å². The fourth-order valence-electron chi connectivity index (χ4n) is 2.80. The number of nitrogens with two attached hydrogens (primary N) is 1. The lowest BCUT2D eigenvalue weighted by atomic mass is 10.2. The fraction of sp³-hybridized carbons (Fsp3) is 0.400. The van der Waals surface area contributed by atoms with Gasteiger partial charge in [0.25, 0.3) is 0 Å². The number of aromatic nitrogens is 3. The number of nitrogens with one attached hydrogen (secondary N) is 1. The van der Waals surface area contributed by atoms with E-state index in [-0.39, 0.29) is 23.0 Å². The van der Waals surface area contributed by atoms with E-state index in [1.54, 1.807) is 13.2 Å². The van der Waals surface area contributed by atoms with Crippen LogP contribution >= 0.6 is 11.6 Å². The minimum atomic E-state index is -0.485. The van der Waals surface area contributed by atoms with Crippen molar-refractivity contribution < 1.29 is 9.13 Å². The molecule has 24 heavy (non-hydrogen) atoms. The Balaban J connectivity index is 1.74. The minimum absolute atomic E-state index is 0.0566. The molecule has 0 spiro atoms. The highest BCUT2D eigenvalue weighted by atomic mass is 35.5. The van der Waals surface area contributed by atoms with E-state index in [0.717, 1.165) is 12.2 Å². The largest absolute Gasteiger partial charge is 0.384 e. The van der Waals surface area contributed by atoms with Crippen LogP contribution in [0.25, 0.3) is 0 Å². The van der Waals surface area contributed by atoms with Crippen molar-refractivity contribution in [3.05, 3.63) is 35.5 Å². The number of pyridine rings is 1. The molecule has 0 bridgehead atoms. The average Bonchev–Trinajstić information content (AvgIpc) is 2.97. The lowest BCUT2D eigenvalue weighted by molar-refractivity contribution is 0.118. The van der Waals surface area contributed by atoms with Gasteiger partial charge in [0.05, 0.1) is 17.2 Å². The number of nitrogen functional groups attached to an aromatic ring is 1. The molecule has 128 valence electrons. The molecule has 0 radical (unpaired) electrons. The van der Waals surface area contributed by atoms with Gasteiger partial charge in [-0.15, -0.1) is 0 Å². The molecule has 2 aromatic heterocycles. The predicted octanol–water partition coefficient (Wildman–Crippen LogP) is 1.95. The van der Waals surface area contributed by atoms with Gasteiger partial charge in [-0.05, 0) is 12.5 Å². The van der Waals surface area contributed by atoms with Gasteiger partial charge in [-0.1, -0.05) is 11.6 Å². The summed E-state index contributed by atoms with van der Waals surface area (Å²) in [4.78, 5) is 14.2. The normalized spacial score (nSPS) is 20.4. The first-order chi connectivity index (χ1) is 11.6. The van der Waals surface area contributed by atoms with Gasteiger partial charge in [0.2, 0.25) is 0 Å². The summed E-state index contributed by atoms with van der Waals surface area (Å²) in [5.41, 5.74) is 5.74. The van der Waals surface area contributed by atoms with E-state index in [4.69, 9.17) is 22.1 Å². The van der Waals surface area contributed by atoms with Crippen LogP contribution in [-0.2, 0) is 4.74 Å². The van der Waals surface area contributed by atoms with E-state index in [9.17, 15) is 4.39 Å². The van der Waals surface area contributed by atoms with Crippen LogP contribution in [0.2, 0.25) is 5.02 Å². The Bertz CT molecular complexity index is 718. The van der Waals surface area contributed by atoms with E-state index in [1.165, 1.54) is 18.6 Å². The first-order valence-corrected chi connectivity index (χ1v) is 7.86. The molecule has 7 nitrogen and oxygen atoms in total. The van der Waals surface area contributed by atoms with E-state index in [2.05, 4.69) is 25.2 Å². The third kappa shape index (κ3) is 3.65. The Labute approximate surface area is 144 Å². The first-order valence-electron chi connectivity index (χ1n) is 7.48. The van der Waals surface area contributed by atoms with Crippen molar-refractivity contribution in [1.82, 2.24) is 15.0 Å². The molecular formula is C15H18ClFN6O. The minimum Gasteiger partial charge on any atom is -0.384 e. The number of anilines is 3. The Hall–Kier alpha value is -2.19. The van der Waals surface area contributed by atoms with Gasteiger partial charge in [0, 0.05) is 32.5 Å². The van der Waals surface area contributed by atoms with Gasteiger partial charge < -0.3 is 20.7 Å². The summed E-state index contributed by atoms with van der Waals surface area (Å²) in [5.74, 6) is 0.806. The third-order valence-corrected chi connectivity index (χ3v) is 4.20. The van der Waals surface area contributed by atoms with Gasteiger partial charge in [-0.3, -0.25) is 0 Å². The maximum atomic E-state index is 13.9. The monoisotopic (exact) mass is 352 g/mol. The molecule has 3 heterocycles. The second-order valence-electron chi connectivity index (χ2n) is 5.57. The molecule has 2 aromatic rings. The molecule has 1 aliphatic heterocycles. The highest BCUT2D eigenvalue weighted by Crippen LogP contribution is 2.26. The molecular weight excluding hydrogens is 335 g/mol. The lowest BCUT2D eigenvalue weighted by Gasteiger charge is -2.25. The topological polar surface area (TPSA) is 89.2 Å².